The molecular weight excluding hydrogens is 248 g/mol. The van der Waals surface area contributed by atoms with E-state index in [1.165, 1.54) is 5.56 Å². The summed E-state index contributed by atoms with van der Waals surface area (Å²) in [6, 6.07) is 10.4. The molecule has 3 aromatic rings. The van der Waals surface area contributed by atoms with Crippen LogP contribution in [0.2, 0.25) is 0 Å². The van der Waals surface area contributed by atoms with Crippen molar-refractivity contribution >= 4 is 16.7 Å². The first-order valence-corrected chi connectivity index (χ1v) is 6.80. The largest absolute Gasteiger partial charge is 0.385 e. The average molecular weight is 266 g/mol. The van der Waals surface area contributed by atoms with Crippen molar-refractivity contribution in [2.75, 3.05) is 11.9 Å². The highest BCUT2D eigenvalue weighted by atomic mass is 15.1. The molecule has 0 spiro atoms. The van der Waals surface area contributed by atoms with Crippen LogP contribution in [0.1, 0.15) is 11.4 Å². The number of pyridine rings is 1. The van der Waals surface area contributed by atoms with Gasteiger partial charge in [0, 0.05) is 31.9 Å². The molecule has 2 heterocycles. The Kier molecular flexibility index (Phi) is 3.37. The minimum absolute atomic E-state index is 0.869. The number of nitrogens with zero attached hydrogens (tertiary/aromatic N) is 3. The summed E-state index contributed by atoms with van der Waals surface area (Å²) in [4.78, 5) is 8.79. The molecule has 0 unspecified atom stereocenters. The Bertz CT molecular complexity index is 713. The van der Waals surface area contributed by atoms with Crippen molar-refractivity contribution in [1.29, 1.82) is 0 Å². The monoisotopic (exact) mass is 266 g/mol. The summed E-state index contributed by atoms with van der Waals surface area (Å²) in [6.07, 6.45) is 4.53. The van der Waals surface area contributed by atoms with Gasteiger partial charge in [-0.1, -0.05) is 17.7 Å². The Morgan fingerprint density at radius 2 is 1.95 bits per heavy atom. The highest BCUT2D eigenvalue weighted by Crippen LogP contribution is 2.14. The van der Waals surface area contributed by atoms with Crippen molar-refractivity contribution in [3.8, 4) is 0 Å². The van der Waals surface area contributed by atoms with Gasteiger partial charge >= 0.3 is 0 Å². The fraction of sp³-hybridized carbons (Fsp3) is 0.250. The molecule has 102 valence electrons. The van der Waals surface area contributed by atoms with Crippen molar-refractivity contribution in [1.82, 2.24) is 14.5 Å². The van der Waals surface area contributed by atoms with Crippen LogP contribution in [-0.4, -0.2) is 21.1 Å². The zero-order chi connectivity index (χ0) is 13.9. The van der Waals surface area contributed by atoms with Gasteiger partial charge in [-0.2, -0.15) is 0 Å². The molecule has 2 aromatic heterocycles. The zero-order valence-electron chi connectivity index (χ0n) is 11.8. The van der Waals surface area contributed by atoms with E-state index in [0.717, 1.165) is 35.5 Å². The molecule has 0 aliphatic heterocycles. The zero-order valence-corrected chi connectivity index (χ0v) is 11.8. The Morgan fingerprint density at radius 3 is 2.70 bits per heavy atom. The number of anilines is 1. The topological polar surface area (TPSA) is 42.7 Å². The molecule has 0 bridgehead atoms. The van der Waals surface area contributed by atoms with Gasteiger partial charge in [0.25, 0.3) is 0 Å². The molecule has 4 nitrogen and oxygen atoms in total. The predicted octanol–water partition coefficient (Wildman–Crippen LogP) is 2.93. The second kappa shape index (κ2) is 5.33. The number of hydrogen-bond donors (Lipinski definition) is 1. The standard InChI is InChI=1S/C16H18N4/c1-12-3-5-13(6-4-12)18-10-8-16-19-14-7-9-17-11-15(14)20(16)2/h3-7,9,11,18H,8,10H2,1-2H3. The molecular formula is C16H18N4. The molecule has 0 fully saturated rings. The summed E-state index contributed by atoms with van der Waals surface area (Å²) in [7, 11) is 2.04. The molecule has 1 N–H and O–H groups in total. The maximum absolute atomic E-state index is 4.64. The van der Waals surface area contributed by atoms with E-state index >= 15 is 0 Å². The van der Waals surface area contributed by atoms with E-state index in [0.29, 0.717) is 0 Å². The fourth-order valence-corrected chi connectivity index (χ4v) is 2.30. The fourth-order valence-electron chi connectivity index (χ4n) is 2.30. The van der Waals surface area contributed by atoms with E-state index in [9.17, 15) is 0 Å². The summed E-state index contributed by atoms with van der Waals surface area (Å²) in [5.74, 6) is 1.08. The van der Waals surface area contributed by atoms with Gasteiger partial charge in [0.1, 0.15) is 5.82 Å². The van der Waals surface area contributed by atoms with Gasteiger partial charge in [-0.25, -0.2) is 4.98 Å². The van der Waals surface area contributed by atoms with Crippen LogP contribution in [0.15, 0.2) is 42.7 Å². The lowest BCUT2D eigenvalue weighted by Gasteiger charge is -2.06. The van der Waals surface area contributed by atoms with Crippen LogP contribution >= 0.6 is 0 Å². The average Bonchev–Trinajstić information content (AvgIpc) is 2.78. The first-order valence-electron chi connectivity index (χ1n) is 6.80. The Hall–Kier alpha value is -2.36. The third-order valence-electron chi connectivity index (χ3n) is 3.51. The minimum atomic E-state index is 0.869. The van der Waals surface area contributed by atoms with E-state index in [1.807, 2.05) is 19.3 Å². The SMILES string of the molecule is Cc1ccc(NCCc2nc3ccncc3n2C)cc1. The summed E-state index contributed by atoms with van der Waals surface area (Å²) >= 11 is 0. The van der Waals surface area contributed by atoms with Crippen molar-refractivity contribution in [3.05, 3.63) is 54.1 Å². The van der Waals surface area contributed by atoms with E-state index in [4.69, 9.17) is 0 Å². The summed E-state index contributed by atoms with van der Waals surface area (Å²) < 4.78 is 2.11. The molecule has 0 radical (unpaired) electrons. The second-order valence-corrected chi connectivity index (χ2v) is 4.99. The van der Waals surface area contributed by atoms with Crippen LogP contribution < -0.4 is 5.32 Å². The first-order chi connectivity index (χ1) is 9.74. The maximum Gasteiger partial charge on any atom is 0.111 e. The quantitative estimate of drug-likeness (QED) is 0.789. The number of imidazole rings is 1. The van der Waals surface area contributed by atoms with Crippen LogP contribution in [0.25, 0.3) is 11.0 Å². The number of fused-ring (bicyclic) bond motifs is 1. The van der Waals surface area contributed by atoms with Crippen molar-refractivity contribution in [3.63, 3.8) is 0 Å². The van der Waals surface area contributed by atoms with Gasteiger partial charge in [-0.3, -0.25) is 4.98 Å². The normalized spacial score (nSPS) is 10.9. The van der Waals surface area contributed by atoms with Crippen molar-refractivity contribution in [2.24, 2.45) is 7.05 Å². The molecule has 0 amide bonds. The Morgan fingerprint density at radius 1 is 1.15 bits per heavy atom. The number of hydrogen-bond acceptors (Lipinski definition) is 3. The van der Waals surface area contributed by atoms with Crippen LogP contribution in [0, 0.1) is 6.92 Å². The number of aryl methyl sites for hydroxylation is 2. The van der Waals surface area contributed by atoms with Crippen molar-refractivity contribution in [2.45, 2.75) is 13.3 Å². The van der Waals surface area contributed by atoms with E-state index in [1.54, 1.807) is 6.20 Å². The Balaban J connectivity index is 1.68. The minimum Gasteiger partial charge on any atom is -0.385 e. The third-order valence-corrected chi connectivity index (χ3v) is 3.51. The second-order valence-electron chi connectivity index (χ2n) is 4.99. The first kappa shape index (κ1) is 12.7. The molecule has 20 heavy (non-hydrogen) atoms. The highest BCUT2D eigenvalue weighted by Gasteiger charge is 2.06. The number of rotatable bonds is 4. The molecule has 0 saturated heterocycles. The number of aromatic nitrogens is 3. The molecule has 1 aromatic carbocycles. The predicted molar refractivity (Wildman–Crippen MR) is 81.9 cm³/mol. The highest BCUT2D eigenvalue weighted by molar-refractivity contribution is 5.74. The molecule has 4 heteroatoms. The Labute approximate surface area is 118 Å². The lowest BCUT2D eigenvalue weighted by Crippen LogP contribution is -2.08. The van der Waals surface area contributed by atoms with Gasteiger partial charge < -0.3 is 9.88 Å². The van der Waals surface area contributed by atoms with Crippen LogP contribution in [0.4, 0.5) is 5.69 Å². The molecule has 0 saturated carbocycles. The lowest BCUT2D eigenvalue weighted by atomic mass is 10.2. The van der Waals surface area contributed by atoms with Gasteiger partial charge in [-0.05, 0) is 25.1 Å². The van der Waals surface area contributed by atoms with Crippen LogP contribution in [0.3, 0.4) is 0 Å². The molecule has 0 aliphatic rings. The van der Waals surface area contributed by atoms with Crippen LogP contribution in [-0.2, 0) is 13.5 Å². The molecule has 3 rings (SSSR count). The molecule has 0 aliphatic carbocycles. The third kappa shape index (κ3) is 2.50. The van der Waals surface area contributed by atoms with Gasteiger partial charge in [-0.15, -0.1) is 0 Å². The summed E-state index contributed by atoms with van der Waals surface area (Å²) in [5, 5.41) is 3.42. The van der Waals surface area contributed by atoms with Gasteiger partial charge in [0.2, 0.25) is 0 Å². The summed E-state index contributed by atoms with van der Waals surface area (Å²) in [5.41, 5.74) is 4.51. The van der Waals surface area contributed by atoms with Gasteiger partial charge in [0.05, 0.1) is 17.2 Å². The summed E-state index contributed by atoms with van der Waals surface area (Å²) in [6.45, 7) is 2.96. The van der Waals surface area contributed by atoms with E-state index in [2.05, 4.69) is 51.0 Å². The van der Waals surface area contributed by atoms with Crippen LogP contribution in [0.5, 0.6) is 0 Å². The molecule has 0 atom stereocenters. The smallest absolute Gasteiger partial charge is 0.111 e. The van der Waals surface area contributed by atoms with Gasteiger partial charge in [0.15, 0.2) is 0 Å². The maximum atomic E-state index is 4.64. The lowest BCUT2D eigenvalue weighted by molar-refractivity contribution is 0.807. The van der Waals surface area contributed by atoms with E-state index in [-0.39, 0.29) is 0 Å². The van der Waals surface area contributed by atoms with E-state index < -0.39 is 0 Å². The number of benzene rings is 1. The number of nitrogens with one attached hydrogen (secondary N) is 1. The van der Waals surface area contributed by atoms with Crippen molar-refractivity contribution < 1.29 is 0 Å².